The number of nitro groups is 1. The molecule has 0 spiro atoms. The second-order valence-corrected chi connectivity index (χ2v) is 4.64. The lowest BCUT2D eigenvalue weighted by atomic mass is 10.1. The monoisotopic (exact) mass is 259 g/mol. The van der Waals surface area contributed by atoms with E-state index < -0.39 is 0 Å². The molecule has 19 heavy (non-hydrogen) atoms. The van der Waals surface area contributed by atoms with Crippen molar-refractivity contribution in [2.24, 2.45) is 0 Å². The maximum atomic E-state index is 11.0. The molecule has 0 aliphatic carbocycles. The van der Waals surface area contributed by atoms with Gasteiger partial charge in [-0.3, -0.25) is 19.9 Å². The summed E-state index contributed by atoms with van der Waals surface area (Å²) < 4.78 is 0. The van der Waals surface area contributed by atoms with Crippen LogP contribution in [-0.2, 0) is 6.54 Å². The van der Waals surface area contributed by atoms with Crippen molar-refractivity contribution >= 4 is 5.69 Å². The summed E-state index contributed by atoms with van der Waals surface area (Å²) in [4.78, 5) is 15.1. The smallest absolute Gasteiger partial charge is 0.273 e. The zero-order valence-corrected chi connectivity index (χ0v) is 10.8. The van der Waals surface area contributed by atoms with E-state index in [0.29, 0.717) is 13.1 Å². The molecular formula is C14H17N3O2. The molecule has 1 aliphatic heterocycles. The summed E-state index contributed by atoms with van der Waals surface area (Å²) in [5, 5.41) is 11.0. The van der Waals surface area contributed by atoms with Crippen LogP contribution >= 0.6 is 0 Å². The maximum Gasteiger partial charge on any atom is 0.273 e. The zero-order chi connectivity index (χ0) is 13.7. The summed E-state index contributed by atoms with van der Waals surface area (Å²) in [6.07, 6.45) is 5.29. The van der Waals surface area contributed by atoms with E-state index in [2.05, 4.69) is 15.7 Å². The van der Waals surface area contributed by atoms with Gasteiger partial charge in [0.25, 0.3) is 5.69 Å². The number of benzene rings is 1. The van der Waals surface area contributed by atoms with Gasteiger partial charge in [-0.1, -0.05) is 24.1 Å². The molecule has 0 atom stereocenters. The Morgan fingerprint density at radius 3 is 2.47 bits per heavy atom. The molecule has 0 N–H and O–H groups in total. The molecule has 100 valence electrons. The van der Waals surface area contributed by atoms with Gasteiger partial charge in [0.05, 0.1) is 11.5 Å². The summed E-state index contributed by atoms with van der Waals surface area (Å²) in [6, 6.07) is 6.93. The van der Waals surface area contributed by atoms with Crippen LogP contribution in [0.1, 0.15) is 5.56 Å². The van der Waals surface area contributed by atoms with Gasteiger partial charge in [0.1, 0.15) is 0 Å². The Kier molecular flexibility index (Phi) is 4.50. The van der Waals surface area contributed by atoms with E-state index in [0.717, 1.165) is 31.7 Å². The molecule has 1 heterocycles. The van der Waals surface area contributed by atoms with Crippen LogP contribution < -0.4 is 0 Å². The topological polar surface area (TPSA) is 49.6 Å². The van der Waals surface area contributed by atoms with Crippen LogP contribution in [0.25, 0.3) is 0 Å². The first-order chi connectivity index (χ1) is 9.20. The van der Waals surface area contributed by atoms with Crippen molar-refractivity contribution in [3.63, 3.8) is 0 Å². The minimum absolute atomic E-state index is 0.202. The fourth-order valence-electron chi connectivity index (χ4n) is 2.30. The molecule has 1 fully saturated rings. The summed E-state index contributed by atoms with van der Waals surface area (Å²) in [6.45, 7) is 4.94. The molecule has 5 heteroatoms. The van der Waals surface area contributed by atoms with Crippen LogP contribution in [0.3, 0.4) is 0 Å². The van der Waals surface area contributed by atoms with Crippen molar-refractivity contribution < 1.29 is 4.92 Å². The first-order valence-electron chi connectivity index (χ1n) is 6.31. The van der Waals surface area contributed by atoms with Gasteiger partial charge in [0.2, 0.25) is 0 Å². The summed E-state index contributed by atoms with van der Waals surface area (Å²) >= 11 is 0. The molecule has 0 radical (unpaired) electrons. The van der Waals surface area contributed by atoms with Crippen LogP contribution in [0, 0.1) is 22.5 Å². The average molecular weight is 259 g/mol. The SMILES string of the molecule is C#CCN1CCN(Cc2ccccc2[N+](=O)[O-])CC1. The van der Waals surface area contributed by atoms with Gasteiger partial charge in [-0.2, -0.15) is 0 Å². The normalized spacial score (nSPS) is 17.0. The van der Waals surface area contributed by atoms with Crippen LogP contribution in [-0.4, -0.2) is 47.4 Å². The molecule has 1 aliphatic rings. The molecule has 2 rings (SSSR count). The van der Waals surface area contributed by atoms with E-state index in [1.165, 1.54) is 0 Å². The third-order valence-electron chi connectivity index (χ3n) is 3.36. The maximum absolute atomic E-state index is 11.0. The van der Waals surface area contributed by atoms with E-state index >= 15 is 0 Å². The zero-order valence-electron chi connectivity index (χ0n) is 10.8. The van der Waals surface area contributed by atoms with Gasteiger partial charge in [0.15, 0.2) is 0 Å². The molecule has 1 aromatic carbocycles. The molecule has 0 amide bonds. The fraction of sp³-hybridized carbons (Fsp3) is 0.429. The van der Waals surface area contributed by atoms with Gasteiger partial charge in [0, 0.05) is 44.4 Å². The van der Waals surface area contributed by atoms with Gasteiger partial charge in [-0.05, 0) is 0 Å². The highest BCUT2D eigenvalue weighted by molar-refractivity contribution is 5.39. The van der Waals surface area contributed by atoms with Crippen molar-refractivity contribution in [1.82, 2.24) is 9.80 Å². The Morgan fingerprint density at radius 2 is 1.84 bits per heavy atom. The van der Waals surface area contributed by atoms with Crippen LogP contribution in [0.2, 0.25) is 0 Å². The highest BCUT2D eigenvalue weighted by Crippen LogP contribution is 2.20. The van der Waals surface area contributed by atoms with E-state index in [9.17, 15) is 10.1 Å². The van der Waals surface area contributed by atoms with Crippen LogP contribution in [0.15, 0.2) is 24.3 Å². The highest BCUT2D eigenvalue weighted by atomic mass is 16.6. The number of hydrogen-bond donors (Lipinski definition) is 0. The number of para-hydroxylation sites is 1. The minimum Gasteiger partial charge on any atom is -0.296 e. The third-order valence-corrected chi connectivity index (χ3v) is 3.36. The Morgan fingerprint density at radius 1 is 1.21 bits per heavy atom. The second-order valence-electron chi connectivity index (χ2n) is 4.64. The number of rotatable bonds is 4. The number of nitrogens with zero attached hydrogens (tertiary/aromatic N) is 3. The van der Waals surface area contributed by atoms with Gasteiger partial charge >= 0.3 is 0 Å². The van der Waals surface area contributed by atoms with Gasteiger partial charge < -0.3 is 0 Å². The molecule has 1 saturated heterocycles. The molecule has 0 unspecified atom stereocenters. The molecule has 0 aromatic heterocycles. The highest BCUT2D eigenvalue weighted by Gasteiger charge is 2.19. The van der Waals surface area contributed by atoms with Crippen LogP contribution in [0.4, 0.5) is 5.69 Å². The summed E-state index contributed by atoms with van der Waals surface area (Å²) in [5.41, 5.74) is 0.978. The predicted molar refractivity (Wildman–Crippen MR) is 73.6 cm³/mol. The molecule has 0 bridgehead atoms. The van der Waals surface area contributed by atoms with Crippen molar-refractivity contribution in [2.75, 3.05) is 32.7 Å². The lowest BCUT2D eigenvalue weighted by Gasteiger charge is -2.33. The Bertz CT molecular complexity index is 488. The standard InChI is InChI=1S/C14H17N3O2/c1-2-7-15-8-10-16(11-9-15)12-13-5-3-4-6-14(13)17(18)19/h1,3-6H,7-12H2. The number of hydrogen-bond acceptors (Lipinski definition) is 4. The van der Waals surface area contributed by atoms with Gasteiger partial charge in [-0.25, -0.2) is 0 Å². The minimum atomic E-state index is -0.316. The van der Waals surface area contributed by atoms with Crippen molar-refractivity contribution in [1.29, 1.82) is 0 Å². The molecular weight excluding hydrogens is 242 g/mol. The molecule has 5 nitrogen and oxygen atoms in total. The predicted octanol–water partition coefficient (Wildman–Crippen LogP) is 1.35. The van der Waals surface area contributed by atoms with E-state index in [4.69, 9.17) is 6.42 Å². The van der Waals surface area contributed by atoms with Crippen molar-refractivity contribution in [3.8, 4) is 12.3 Å². The van der Waals surface area contributed by atoms with Crippen LogP contribution in [0.5, 0.6) is 0 Å². The Balaban J connectivity index is 1.96. The van der Waals surface area contributed by atoms with Crippen molar-refractivity contribution in [3.05, 3.63) is 39.9 Å². The van der Waals surface area contributed by atoms with E-state index in [1.54, 1.807) is 12.1 Å². The number of piperazine rings is 1. The summed E-state index contributed by atoms with van der Waals surface area (Å²) in [7, 11) is 0. The number of nitro benzene ring substituents is 1. The van der Waals surface area contributed by atoms with Crippen molar-refractivity contribution in [2.45, 2.75) is 6.54 Å². The first kappa shape index (κ1) is 13.5. The molecule has 1 aromatic rings. The van der Waals surface area contributed by atoms with Gasteiger partial charge in [-0.15, -0.1) is 6.42 Å². The summed E-state index contributed by atoms with van der Waals surface area (Å²) in [5.74, 6) is 2.64. The largest absolute Gasteiger partial charge is 0.296 e. The first-order valence-corrected chi connectivity index (χ1v) is 6.31. The molecule has 0 saturated carbocycles. The lowest BCUT2D eigenvalue weighted by Crippen LogP contribution is -2.45. The fourth-order valence-corrected chi connectivity index (χ4v) is 2.30. The Hall–Kier alpha value is -1.90. The lowest BCUT2D eigenvalue weighted by molar-refractivity contribution is -0.385. The van der Waals surface area contributed by atoms with E-state index in [-0.39, 0.29) is 10.6 Å². The average Bonchev–Trinajstić information content (AvgIpc) is 2.42. The van der Waals surface area contributed by atoms with E-state index in [1.807, 2.05) is 12.1 Å². The second kappa shape index (κ2) is 6.32. The Labute approximate surface area is 113 Å². The quantitative estimate of drug-likeness (QED) is 0.465. The third kappa shape index (κ3) is 3.53. The number of terminal acetylenes is 1.